The molecular formula is C17H17N3O4. The van der Waals surface area contributed by atoms with Crippen LogP contribution in [0.15, 0.2) is 30.5 Å². The summed E-state index contributed by atoms with van der Waals surface area (Å²) in [6, 6.07) is 7.08. The van der Waals surface area contributed by atoms with Crippen molar-refractivity contribution < 1.29 is 19.0 Å². The predicted molar refractivity (Wildman–Crippen MR) is 83.9 cm³/mol. The molecule has 1 aromatic carbocycles. The van der Waals surface area contributed by atoms with Crippen molar-refractivity contribution in [2.24, 2.45) is 0 Å². The maximum atomic E-state index is 12.8. The van der Waals surface area contributed by atoms with Crippen molar-refractivity contribution in [3.05, 3.63) is 47.5 Å². The Bertz CT molecular complexity index is 780. The minimum absolute atomic E-state index is 0.0487. The van der Waals surface area contributed by atoms with Crippen molar-refractivity contribution in [2.75, 3.05) is 26.5 Å². The molecule has 0 N–H and O–H groups in total. The molecule has 0 radical (unpaired) electrons. The van der Waals surface area contributed by atoms with E-state index in [0.29, 0.717) is 42.6 Å². The van der Waals surface area contributed by atoms with E-state index in [9.17, 15) is 4.79 Å². The average molecular weight is 327 g/mol. The number of morpholine rings is 1. The summed E-state index contributed by atoms with van der Waals surface area (Å²) < 4.78 is 16.4. The summed E-state index contributed by atoms with van der Waals surface area (Å²) in [5, 5.41) is 0. The van der Waals surface area contributed by atoms with Gasteiger partial charge in [-0.1, -0.05) is 0 Å². The number of nitrogens with zero attached hydrogens (tertiary/aromatic N) is 3. The van der Waals surface area contributed by atoms with Crippen LogP contribution in [0.1, 0.15) is 28.0 Å². The lowest BCUT2D eigenvalue weighted by molar-refractivity contribution is -0.0248. The van der Waals surface area contributed by atoms with Gasteiger partial charge in [-0.05, 0) is 31.2 Å². The van der Waals surface area contributed by atoms with Crippen LogP contribution in [-0.4, -0.2) is 47.3 Å². The summed E-state index contributed by atoms with van der Waals surface area (Å²) in [5.41, 5.74) is 1.38. The van der Waals surface area contributed by atoms with Crippen LogP contribution in [0, 0.1) is 6.92 Å². The van der Waals surface area contributed by atoms with Gasteiger partial charge in [0.1, 0.15) is 11.9 Å². The van der Waals surface area contributed by atoms with E-state index in [1.165, 1.54) is 0 Å². The molecule has 0 bridgehead atoms. The third kappa shape index (κ3) is 2.78. The zero-order chi connectivity index (χ0) is 16.5. The van der Waals surface area contributed by atoms with E-state index < -0.39 is 0 Å². The van der Waals surface area contributed by atoms with E-state index in [1.54, 1.807) is 29.3 Å². The molecule has 24 heavy (non-hydrogen) atoms. The summed E-state index contributed by atoms with van der Waals surface area (Å²) in [6.07, 6.45) is 1.47. The zero-order valence-corrected chi connectivity index (χ0v) is 13.3. The molecule has 7 nitrogen and oxygen atoms in total. The van der Waals surface area contributed by atoms with Crippen LogP contribution in [0.2, 0.25) is 0 Å². The van der Waals surface area contributed by atoms with Gasteiger partial charge in [0.25, 0.3) is 5.91 Å². The van der Waals surface area contributed by atoms with E-state index in [1.807, 2.05) is 13.0 Å². The summed E-state index contributed by atoms with van der Waals surface area (Å²) in [6.45, 7) is 3.52. The normalized spacial score (nSPS) is 19.4. The van der Waals surface area contributed by atoms with Crippen LogP contribution < -0.4 is 9.47 Å². The number of aromatic nitrogens is 2. The van der Waals surface area contributed by atoms with Crippen LogP contribution in [-0.2, 0) is 4.74 Å². The van der Waals surface area contributed by atoms with Gasteiger partial charge in [0.2, 0.25) is 6.79 Å². The molecule has 0 saturated carbocycles. The number of rotatable bonds is 2. The lowest BCUT2D eigenvalue weighted by Gasteiger charge is -2.32. The van der Waals surface area contributed by atoms with Gasteiger partial charge in [-0.25, -0.2) is 9.97 Å². The van der Waals surface area contributed by atoms with Gasteiger partial charge in [0.05, 0.1) is 18.8 Å². The number of carbonyl (C=O) groups excluding carboxylic acids is 1. The molecule has 4 rings (SSSR count). The molecule has 2 aromatic rings. The Morgan fingerprint density at radius 1 is 1.25 bits per heavy atom. The topological polar surface area (TPSA) is 73.8 Å². The summed E-state index contributed by atoms with van der Waals surface area (Å²) >= 11 is 0. The SMILES string of the molecule is Cc1nccc([C@@H]2CN(C(=O)c3ccc4c(c3)OCO4)CCO2)n1. The molecule has 0 spiro atoms. The van der Waals surface area contributed by atoms with Crippen LogP contribution >= 0.6 is 0 Å². The number of benzene rings is 1. The van der Waals surface area contributed by atoms with Gasteiger partial charge in [-0.15, -0.1) is 0 Å². The third-order valence-corrected chi connectivity index (χ3v) is 4.10. The second-order valence-corrected chi connectivity index (χ2v) is 5.71. The van der Waals surface area contributed by atoms with E-state index in [-0.39, 0.29) is 18.8 Å². The molecule has 2 aliphatic heterocycles. The second kappa shape index (κ2) is 6.09. The van der Waals surface area contributed by atoms with E-state index in [4.69, 9.17) is 14.2 Å². The highest BCUT2D eigenvalue weighted by Crippen LogP contribution is 2.33. The fraction of sp³-hybridized carbons (Fsp3) is 0.353. The Morgan fingerprint density at radius 2 is 2.12 bits per heavy atom. The quantitative estimate of drug-likeness (QED) is 0.836. The first-order valence-electron chi connectivity index (χ1n) is 7.81. The van der Waals surface area contributed by atoms with Gasteiger partial charge in [-0.2, -0.15) is 0 Å². The van der Waals surface area contributed by atoms with Gasteiger partial charge in [-0.3, -0.25) is 4.79 Å². The van der Waals surface area contributed by atoms with Crippen LogP contribution in [0.5, 0.6) is 11.5 Å². The van der Waals surface area contributed by atoms with Crippen molar-refractivity contribution in [3.8, 4) is 11.5 Å². The lowest BCUT2D eigenvalue weighted by atomic mass is 10.1. The van der Waals surface area contributed by atoms with Crippen molar-refractivity contribution in [3.63, 3.8) is 0 Å². The molecule has 1 atom stereocenters. The number of aryl methyl sites for hydroxylation is 1. The van der Waals surface area contributed by atoms with Crippen molar-refractivity contribution in [1.82, 2.24) is 14.9 Å². The first kappa shape index (κ1) is 14.9. The fourth-order valence-electron chi connectivity index (χ4n) is 2.88. The Kier molecular flexibility index (Phi) is 3.78. The Hall–Kier alpha value is -2.67. The molecule has 1 aromatic heterocycles. The highest BCUT2D eigenvalue weighted by molar-refractivity contribution is 5.95. The number of hydrogen-bond acceptors (Lipinski definition) is 6. The van der Waals surface area contributed by atoms with Gasteiger partial charge >= 0.3 is 0 Å². The third-order valence-electron chi connectivity index (χ3n) is 4.10. The summed E-state index contributed by atoms with van der Waals surface area (Å²) in [7, 11) is 0. The van der Waals surface area contributed by atoms with Crippen LogP contribution in [0.4, 0.5) is 0 Å². The van der Waals surface area contributed by atoms with Crippen molar-refractivity contribution in [2.45, 2.75) is 13.0 Å². The minimum atomic E-state index is -0.238. The first-order chi connectivity index (χ1) is 11.7. The zero-order valence-electron chi connectivity index (χ0n) is 13.3. The van der Waals surface area contributed by atoms with E-state index in [0.717, 1.165) is 5.69 Å². The largest absolute Gasteiger partial charge is 0.454 e. The highest BCUT2D eigenvalue weighted by atomic mass is 16.7. The highest BCUT2D eigenvalue weighted by Gasteiger charge is 2.28. The number of carbonyl (C=O) groups is 1. The molecule has 0 unspecified atom stereocenters. The van der Waals surface area contributed by atoms with Gasteiger partial charge in [0.15, 0.2) is 11.5 Å². The van der Waals surface area contributed by atoms with Gasteiger partial charge in [0, 0.05) is 18.3 Å². The van der Waals surface area contributed by atoms with Crippen molar-refractivity contribution >= 4 is 5.91 Å². The summed E-state index contributed by atoms with van der Waals surface area (Å²) in [5.74, 6) is 1.92. The van der Waals surface area contributed by atoms with Crippen LogP contribution in [0.3, 0.4) is 0 Å². The standard InChI is InChI=1S/C17H17N3O4/c1-11-18-5-4-13(19-11)16-9-20(6-7-22-16)17(21)12-2-3-14-15(8-12)24-10-23-14/h2-5,8,16H,6-7,9-10H2,1H3/t16-/m0/s1. The second-order valence-electron chi connectivity index (χ2n) is 5.71. The Morgan fingerprint density at radius 3 is 3.00 bits per heavy atom. The molecule has 124 valence electrons. The minimum Gasteiger partial charge on any atom is -0.454 e. The Balaban J connectivity index is 1.52. The maximum absolute atomic E-state index is 12.8. The molecular weight excluding hydrogens is 310 g/mol. The number of ether oxygens (including phenoxy) is 3. The van der Waals surface area contributed by atoms with Crippen LogP contribution in [0.25, 0.3) is 0 Å². The fourth-order valence-corrected chi connectivity index (χ4v) is 2.88. The first-order valence-corrected chi connectivity index (χ1v) is 7.81. The number of amides is 1. The lowest BCUT2D eigenvalue weighted by Crippen LogP contribution is -2.42. The van der Waals surface area contributed by atoms with Gasteiger partial charge < -0.3 is 19.1 Å². The molecule has 2 aliphatic rings. The maximum Gasteiger partial charge on any atom is 0.254 e. The molecule has 1 saturated heterocycles. The smallest absolute Gasteiger partial charge is 0.254 e. The van der Waals surface area contributed by atoms with E-state index >= 15 is 0 Å². The van der Waals surface area contributed by atoms with Crippen molar-refractivity contribution in [1.29, 1.82) is 0 Å². The molecule has 0 aliphatic carbocycles. The molecule has 1 amide bonds. The Labute approximate surface area is 139 Å². The monoisotopic (exact) mass is 327 g/mol. The molecule has 3 heterocycles. The number of fused-ring (bicyclic) bond motifs is 1. The average Bonchev–Trinajstić information content (AvgIpc) is 3.09. The predicted octanol–water partition coefficient (Wildman–Crippen LogP) is 1.73. The molecule has 1 fully saturated rings. The summed E-state index contributed by atoms with van der Waals surface area (Å²) in [4.78, 5) is 23.1. The molecule has 7 heteroatoms. The number of hydrogen-bond donors (Lipinski definition) is 0. The van der Waals surface area contributed by atoms with E-state index in [2.05, 4.69) is 9.97 Å².